The van der Waals surface area contributed by atoms with Crippen molar-refractivity contribution in [1.82, 2.24) is 5.43 Å². The smallest absolute Gasteiger partial charge is 0.386 e. The standard InChI is InChI=1S/C20H21Cl3F3N3O2/c1-12(30)27-29(2)19-9-14(4-5-17(19)23)18(28-31-11-20(24,25)26)6-3-13-7-15(21)10-16(22)8-13/h4-5,7-10,12,27,30H,3,6,11H2,1-2H3/b28-18+. The van der Waals surface area contributed by atoms with E-state index in [-0.39, 0.29) is 12.1 Å². The molecule has 2 aromatic carbocycles. The number of nitrogens with one attached hydrogen (secondary N) is 1. The highest BCUT2D eigenvalue weighted by Crippen LogP contribution is 2.27. The molecule has 0 aliphatic heterocycles. The van der Waals surface area contributed by atoms with Crippen LogP contribution in [0.4, 0.5) is 18.9 Å². The van der Waals surface area contributed by atoms with Crippen molar-refractivity contribution in [2.45, 2.75) is 32.2 Å². The molecule has 0 spiro atoms. The highest BCUT2D eigenvalue weighted by Gasteiger charge is 2.28. The third kappa shape index (κ3) is 8.74. The van der Waals surface area contributed by atoms with Crippen LogP contribution in [0.3, 0.4) is 0 Å². The average molecular weight is 499 g/mol. The number of oxime groups is 1. The molecule has 170 valence electrons. The van der Waals surface area contributed by atoms with Crippen molar-refractivity contribution in [3.63, 3.8) is 0 Å². The van der Waals surface area contributed by atoms with Crippen LogP contribution in [-0.4, -0.2) is 36.9 Å². The normalized spacial score (nSPS) is 13.3. The molecule has 11 heteroatoms. The third-order valence-electron chi connectivity index (χ3n) is 4.00. The first-order chi connectivity index (χ1) is 14.4. The maximum atomic E-state index is 12.5. The number of aliphatic hydroxyl groups excluding tert-OH is 1. The number of benzene rings is 2. The van der Waals surface area contributed by atoms with E-state index in [1.54, 1.807) is 43.4 Å². The van der Waals surface area contributed by atoms with Crippen molar-refractivity contribution in [3.8, 4) is 0 Å². The van der Waals surface area contributed by atoms with Crippen LogP contribution in [0.15, 0.2) is 41.6 Å². The fourth-order valence-electron chi connectivity index (χ4n) is 2.74. The fourth-order valence-corrected chi connectivity index (χ4v) is 3.56. The lowest BCUT2D eigenvalue weighted by Gasteiger charge is -2.24. The van der Waals surface area contributed by atoms with Crippen molar-refractivity contribution in [2.75, 3.05) is 18.7 Å². The molecule has 0 aromatic heterocycles. The molecule has 2 N–H and O–H groups in total. The summed E-state index contributed by atoms with van der Waals surface area (Å²) in [6.45, 7) is 0.0195. The predicted molar refractivity (Wildman–Crippen MR) is 118 cm³/mol. The summed E-state index contributed by atoms with van der Waals surface area (Å²) >= 11 is 18.3. The second kappa shape index (κ2) is 11.2. The van der Waals surface area contributed by atoms with Crippen molar-refractivity contribution in [1.29, 1.82) is 0 Å². The molecule has 0 radical (unpaired) electrons. The first-order valence-corrected chi connectivity index (χ1v) is 10.3. The first kappa shape index (κ1) is 25.5. The van der Waals surface area contributed by atoms with E-state index in [1.165, 1.54) is 11.9 Å². The largest absolute Gasteiger partial charge is 0.425 e. The molecule has 0 bridgehead atoms. The highest BCUT2D eigenvalue weighted by molar-refractivity contribution is 6.34. The second-order valence-corrected chi connectivity index (χ2v) is 8.01. The van der Waals surface area contributed by atoms with Gasteiger partial charge in [0.15, 0.2) is 0 Å². The maximum absolute atomic E-state index is 12.5. The topological polar surface area (TPSA) is 57.1 Å². The van der Waals surface area contributed by atoms with Gasteiger partial charge in [0.25, 0.3) is 0 Å². The maximum Gasteiger partial charge on any atom is 0.425 e. The Bertz CT molecular complexity index is 904. The van der Waals surface area contributed by atoms with Gasteiger partial charge >= 0.3 is 6.18 Å². The Kier molecular flexibility index (Phi) is 9.27. The lowest BCUT2D eigenvalue weighted by molar-refractivity contribution is -0.173. The molecule has 31 heavy (non-hydrogen) atoms. The van der Waals surface area contributed by atoms with Gasteiger partial charge < -0.3 is 15.0 Å². The van der Waals surface area contributed by atoms with Crippen molar-refractivity contribution in [3.05, 3.63) is 62.6 Å². The number of aryl methyl sites for hydroxylation is 1. The summed E-state index contributed by atoms with van der Waals surface area (Å²) in [6.07, 6.45) is -4.69. The van der Waals surface area contributed by atoms with Gasteiger partial charge in [-0.25, -0.2) is 5.43 Å². The molecule has 0 amide bonds. The van der Waals surface area contributed by atoms with E-state index in [0.29, 0.717) is 32.7 Å². The number of hydrogen-bond donors (Lipinski definition) is 2. The minimum Gasteiger partial charge on any atom is -0.386 e. The summed E-state index contributed by atoms with van der Waals surface area (Å²) in [6, 6.07) is 9.87. The zero-order valence-corrected chi connectivity index (χ0v) is 18.9. The summed E-state index contributed by atoms with van der Waals surface area (Å²) in [4.78, 5) is 4.55. The number of rotatable bonds is 9. The summed E-state index contributed by atoms with van der Waals surface area (Å²) in [7, 11) is 1.64. The molecular formula is C20H21Cl3F3N3O2. The Labute approximate surface area is 193 Å². The lowest BCUT2D eigenvalue weighted by atomic mass is 10.0. The van der Waals surface area contributed by atoms with Crippen LogP contribution in [0.5, 0.6) is 0 Å². The third-order valence-corrected chi connectivity index (χ3v) is 4.75. The number of nitrogens with zero attached hydrogens (tertiary/aromatic N) is 2. The summed E-state index contributed by atoms with van der Waals surface area (Å²) < 4.78 is 37.5. The van der Waals surface area contributed by atoms with E-state index in [1.807, 2.05) is 0 Å². The van der Waals surface area contributed by atoms with Crippen LogP contribution in [0.25, 0.3) is 0 Å². The van der Waals surface area contributed by atoms with Crippen molar-refractivity contribution >= 4 is 46.2 Å². The average Bonchev–Trinajstić information content (AvgIpc) is 2.62. The predicted octanol–water partition coefficient (Wildman–Crippen LogP) is 5.84. The van der Waals surface area contributed by atoms with Gasteiger partial charge in [-0.2, -0.15) is 13.2 Å². The molecule has 0 saturated carbocycles. The molecule has 2 aromatic rings. The van der Waals surface area contributed by atoms with Crippen LogP contribution in [-0.2, 0) is 11.3 Å². The molecule has 5 nitrogen and oxygen atoms in total. The van der Waals surface area contributed by atoms with Crippen molar-refractivity contribution < 1.29 is 23.1 Å². The van der Waals surface area contributed by atoms with E-state index in [2.05, 4.69) is 15.4 Å². The Morgan fingerprint density at radius 2 is 1.81 bits per heavy atom. The zero-order chi connectivity index (χ0) is 23.2. The van der Waals surface area contributed by atoms with Gasteiger partial charge in [0.2, 0.25) is 6.61 Å². The van der Waals surface area contributed by atoms with Crippen LogP contribution in [0.2, 0.25) is 15.1 Å². The summed E-state index contributed by atoms with van der Waals surface area (Å²) in [5.41, 5.74) is 4.83. The van der Waals surface area contributed by atoms with E-state index >= 15 is 0 Å². The molecule has 1 unspecified atom stereocenters. The Morgan fingerprint density at radius 3 is 2.39 bits per heavy atom. The van der Waals surface area contributed by atoms with Gasteiger partial charge in [-0.05, 0) is 55.7 Å². The zero-order valence-electron chi connectivity index (χ0n) is 16.7. The van der Waals surface area contributed by atoms with Gasteiger partial charge in [0.1, 0.15) is 6.23 Å². The lowest BCUT2D eigenvalue weighted by Crippen LogP contribution is -2.41. The minimum absolute atomic E-state index is 0.253. The van der Waals surface area contributed by atoms with Crippen LogP contribution in [0, 0.1) is 0 Å². The first-order valence-electron chi connectivity index (χ1n) is 9.13. The van der Waals surface area contributed by atoms with E-state index in [9.17, 15) is 18.3 Å². The van der Waals surface area contributed by atoms with Gasteiger partial charge in [-0.1, -0.05) is 46.0 Å². The Hall–Kier alpha value is -1.71. The molecule has 0 heterocycles. The highest BCUT2D eigenvalue weighted by atomic mass is 35.5. The van der Waals surface area contributed by atoms with Gasteiger partial charge in [-0.3, -0.25) is 0 Å². The van der Waals surface area contributed by atoms with Gasteiger partial charge in [0.05, 0.1) is 16.4 Å². The molecule has 0 fully saturated rings. The van der Waals surface area contributed by atoms with Gasteiger partial charge in [-0.15, -0.1) is 0 Å². The SMILES string of the molecule is CC(O)NN(C)c1cc(/C(CCc2cc(Cl)cc(Cl)c2)=N/OCC(F)(F)F)ccc1Cl. The van der Waals surface area contributed by atoms with E-state index < -0.39 is 19.0 Å². The van der Waals surface area contributed by atoms with Crippen LogP contribution < -0.4 is 10.4 Å². The second-order valence-electron chi connectivity index (χ2n) is 6.73. The number of alkyl halides is 3. The number of hydrogen-bond acceptors (Lipinski definition) is 5. The molecule has 0 saturated heterocycles. The van der Waals surface area contributed by atoms with Crippen molar-refractivity contribution in [2.24, 2.45) is 5.16 Å². The number of aliphatic hydroxyl groups is 1. The van der Waals surface area contributed by atoms with E-state index in [0.717, 1.165) is 5.56 Å². The van der Waals surface area contributed by atoms with E-state index in [4.69, 9.17) is 34.8 Å². The Morgan fingerprint density at radius 1 is 1.16 bits per heavy atom. The van der Waals surface area contributed by atoms with Crippen LogP contribution in [0.1, 0.15) is 24.5 Å². The van der Waals surface area contributed by atoms with Gasteiger partial charge in [0, 0.05) is 22.7 Å². The van der Waals surface area contributed by atoms with Crippen LogP contribution >= 0.6 is 34.8 Å². The number of halogens is 6. The summed E-state index contributed by atoms with van der Waals surface area (Å²) in [5.74, 6) is 0. The molecule has 0 aliphatic rings. The molecular weight excluding hydrogens is 478 g/mol. The number of anilines is 1. The summed E-state index contributed by atoms with van der Waals surface area (Å²) in [5, 5.41) is 16.0. The Balaban J connectivity index is 2.32. The monoisotopic (exact) mass is 497 g/mol. The fraction of sp³-hybridized carbons (Fsp3) is 0.350. The molecule has 1 atom stereocenters. The molecule has 2 rings (SSSR count). The number of hydrazine groups is 1. The molecule has 0 aliphatic carbocycles. The minimum atomic E-state index is -4.51. The quantitative estimate of drug-likeness (QED) is 0.259.